The molecule has 1 saturated heterocycles. The summed E-state index contributed by atoms with van der Waals surface area (Å²) in [6.45, 7) is 2.44. The van der Waals surface area contributed by atoms with Crippen molar-refractivity contribution in [3.8, 4) is 0 Å². The standard InChI is InChI=1S/C11H19ClN4O2S/c1-14-5-4-9(6-14)7-16(3)19(17,18)11-10(12)15(2)8-13-11/h8-9H,4-7H2,1-3H3. The van der Waals surface area contributed by atoms with Gasteiger partial charge < -0.3 is 9.47 Å². The molecular weight excluding hydrogens is 288 g/mol. The van der Waals surface area contributed by atoms with Crippen molar-refractivity contribution in [1.82, 2.24) is 18.8 Å². The lowest BCUT2D eigenvalue weighted by atomic mass is 10.1. The molecule has 0 saturated carbocycles. The van der Waals surface area contributed by atoms with Crippen LogP contribution in [0.1, 0.15) is 6.42 Å². The number of sulfonamides is 1. The summed E-state index contributed by atoms with van der Waals surface area (Å²) in [7, 11) is 1.69. The monoisotopic (exact) mass is 306 g/mol. The van der Waals surface area contributed by atoms with Crippen molar-refractivity contribution < 1.29 is 8.42 Å². The number of hydrogen-bond donors (Lipinski definition) is 0. The molecule has 1 atom stereocenters. The van der Waals surface area contributed by atoms with Crippen LogP contribution in [0.25, 0.3) is 0 Å². The van der Waals surface area contributed by atoms with E-state index >= 15 is 0 Å². The van der Waals surface area contributed by atoms with Crippen molar-refractivity contribution in [1.29, 1.82) is 0 Å². The molecule has 19 heavy (non-hydrogen) atoms. The summed E-state index contributed by atoms with van der Waals surface area (Å²) in [5.41, 5.74) is 0. The van der Waals surface area contributed by atoms with E-state index in [1.807, 2.05) is 7.05 Å². The smallest absolute Gasteiger partial charge is 0.263 e. The number of rotatable bonds is 4. The van der Waals surface area contributed by atoms with Crippen LogP contribution in [-0.4, -0.2) is 60.9 Å². The fourth-order valence-corrected chi connectivity index (χ4v) is 3.98. The van der Waals surface area contributed by atoms with Crippen molar-refractivity contribution in [3.05, 3.63) is 11.5 Å². The minimum atomic E-state index is -3.60. The van der Waals surface area contributed by atoms with Gasteiger partial charge in [-0.25, -0.2) is 13.4 Å². The summed E-state index contributed by atoms with van der Waals surface area (Å²) < 4.78 is 27.6. The summed E-state index contributed by atoms with van der Waals surface area (Å²) in [6, 6.07) is 0. The zero-order valence-electron chi connectivity index (χ0n) is 11.4. The highest BCUT2D eigenvalue weighted by Gasteiger charge is 2.30. The van der Waals surface area contributed by atoms with Gasteiger partial charge in [-0.2, -0.15) is 4.31 Å². The molecule has 0 amide bonds. The van der Waals surface area contributed by atoms with Crippen LogP contribution in [0, 0.1) is 5.92 Å². The first kappa shape index (κ1) is 14.8. The lowest BCUT2D eigenvalue weighted by molar-refractivity contribution is 0.356. The van der Waals surface area contributed by atoms with Crippen LogP contribution in [0.2, 0.25) is 5.15 Å². The number of nitrogens with zero attached hydrogens (tertiary/aromatic N) is 4. The van der Waals surface area contributed by atoms with E-state index in [9.17, 15) is 8.42 Å². The minimum Gasteiger partial charge on any atom is -0.324 e. The lowest BCUT2D eigenvalue weighted by Gasteiger charge is -2.20. The Morgan fingerprint density at radius 1 is 1.53 bits per heavy atom. The van der Waals surface area contributed by atoms with E-state index in [1.54, 1.807) is 14.1 Å². The maximum absolute atomic E-state index is 12.4. The van der Waals surface area contributed by atoms with E-state index in [0.717, 1.165) is 19.5 Å². The van der Waals surface area contributed by atoms with E-state index < -0.39 is 10.0 Å². The van der Waals surface area contributed by atoms with E-state index in [1.165, 1.54) is 15.2 Å². The van der Waals surface area contributed by atoms with Crippen LogP contribution in [0.15, 0.2) is 11.4 Å². The first-order valence-electron chi connectivity index (χ1n) is 6.14. The van der Waals surface area contributed by atoms with Crippen LogP contribution in [0.3, 0.4) is 0 Å². The molecule has 1 aromatic heterocycles. The number of aromatic nitrogens is 2. The third-order valence-electron chi connectivity index (χ3n) is 3.49. The number of aryl methyl sites for hydroxylation is 1. The first-order valence-corrected chi connectivity index (χ1v) is 7.96. The average molecular weight is 307 g/mol. The molecule has 0 radical (unpaired) electrons. The quantitative estimate of drug-likeness (QED) is 0.819. The predicted molar refractivity (Wildman–Crippen MR) is 73.6 cm³/mol. The Bertz CT molecular complexity index is 557. The fourth-order valence-electron chi connectivity index (χ4n) is 2.35. The van der Waals surface area contributed by atoms with Crippen LogP contribution in [0.5, 0.6) is 0 Å². The van der Waals surface area contributed by atoms with Gasteiger partial charge in [-0.3, -0.25) is 0 Å². The number of likely N-dealkylation sites (tertiary alicyclic amines) is 1. The number of imidazole rings is 1. The summed E-state index contributed by atoms with van der Waals surface area (Å²) in [5.74, 6) is 0.368. The maximum Gasteiger partial charge on any atom is 0.263 e. The van der Waals surface area contributed by atoms with Crippen molar-refractivity contribution in [2.75, 3.05) is 33.7 Å². The van der Waals surface area contributed by atoms with Gasteiger partial charge in [0, 0.05) is 27.2 Å². The summed E-state index contributed by atoms with van der Waals surface area (Å²) in [6.07, 6.45) is 2.43. The fraction of sp³-hybridized carbons (Fsp3) is 0.727. The van der Waals surface area contributed by atoms with Gasteiger partial charge in [0.25, 0.3) is 10.0 Å². The van der Waals surface area contributed by atoms with Crippen molar-refractivity contribution in [2.45, 2.75) is 11.4 Å². The number of hydrogen-bond acceptors (Lipinski definition) is 4. The Balaban J connectivity index is 2.13. The molecule has 0 bridgehead atoms. The molecule has 1 aliphatic rings. The van der Waals surface area contributed by atoms with Crippen molar-refractivity contribution in [3.63, 3.8) is 0 Å². The molecule has 1 aromatic rings. The highest BCUT2D eigenvalue weighted by Crippen LogP contribution is 2.24. The predicted octanol–water partition coefficient (Wildman–Crippen LogP) is 0.646. The molecule has 8 heteroatoms. The van der Waals surface area contributed by atoms with E-state index in [4.69, 9.17) is 11.6 Å². The molecule has 2 rings (SSSR count). The molecular formula is C11H19ClN4O2S. The zero-order chi connectivity index (χ0) is 14.2. The molecule has 0 N–H and O–H groups in total. The Morgan fingerprint density at radius 3 is 2.68 bits per heavy atom. The van der Waals surface area contributed by atoms with Gasteiger partial charge in [0.1, 0.15) is 5.15 Å². The molecule has 2 heterocycles. The van der Waals surface area contributed by atoms with Crippen molar-refractivity contribution in [2.24, 2.45) is 13.0 Å². The normalized spacial score (nSPS) is 21.4. The van der Waals surface area contributed by atoms with Gasteiger partial charge in [0.15, 0.2) is 0 Å². The molecule has 1 aliphatic heterocycles. The van der Waals surface area contributed by atoms with Crippen LogP contribution >= 0.6 is 11.6 Å². The van der Waals surface area contributed by atoms with Crippen LogP contribution < -0.4 is 0 Å². The third kappa shape index (κ3) is 2.94. The topological polar surface area (TPSA) is 58.4 Å². The van der Waals surface area contributed by atoms with Gasteiger partial charge >= 0.3 is 0 Å². The SMILES string of the molecule is CN1CCC(CN(C)S(=O)(=O)c2ncn(C)c2Cl)C1. The average Bonchev–Trinajstić information content (AvgIpc) is 2.87. The highest BCUT2D eigenvalue weighted by atomic mass is 35.5. The summed E-state index contributed by atoms with van der Waals surface area (Å²) in [5, 5.41) is 0.0842. The summed E-state index contributed by atoms with van der Waals surface area (Å²) in [4.78, 5) is 6.10. The number of halogens is 1. The Labute approximate surface area is 119 Å². The molecule has 0 aliphatic carbocycles. The molecule has 1 unspecified atom stereocenters. The third-order valence-corrected chi connectivity index (χ3v) is 5.81. The van der Waals surface area contributed by atoms with E-state index in [0.29, 0.717) is 12.5 Å². The maximum atomic E-state index is 12.4. The van der Waals surface area contributed by atoms with E-state index in [2.05, 4.69) is 9.88 Å². The second-order valence-corrected chi connectivity index (χ2v) is 7.47. The largest absolute Gasteiger partial charge is 0.324 e. The molecule has 0 spiro atoms. The Kier molecular flexibility index (Phi) is 4.20. The van der Waals surface area contributed by atoms with Gasteiger partial charge in [-0.05, 0) is 25.9 Å². The van der Waals surface area contributed by atoms with Crippen molar-refractivity contribution >= 4 is 21.6 Å². The van der Waals surface area contributed by atoms with Crippen LogP contribution in [0.4, 0.5) is 0 Å². The first-order chi connectivity index (χ1) is 8.82. The van der Waals surface area contributed by atoms with Crippen LogP contribution in [-0.2, 0) is 17.1 Å². The molecule has 108 valence electrons. The lowest BCUT2D eigenvalue weighted by Crippen LogP contribution is -2.33. The Morgan fingerprint density at radius 2 is 2.21 bits per heavy atom. The van der Waals surface area contributed by atoms with Gasteiger partial charge in [-0.15, -0.1) is 0 Å². The van der Waals surface area contributed by atoms with E-state index in [-0.39, 0.29) is 10.2 Å². The summed E-state index contributed by atoms with van der Waals surface area (Å²) >= 11 is 5.96. The second kappa shape index (κ2) is 5.40. The molecule has 1 fully saturated rings. The zero-order valence-corrected chi connectivity index (χ0v) is 12.9. The second-order valence-electron chi connectivity index (χ2n) is 5.15. The minimum absolute atomic E-state index is 0.0643. The van der Waals surface area contributed by atoms with Gasteiger partial charge in [0.05, 0.1) is 6.33 Å². The highest BCUT2D eigenvalue weighted by molar-refractivity contribution is 7.89. The molecule has 0 aromatic carbocycles. The van der Waals surface area contributed by atoms with Gasteiger partial charge in [-0.1, -0.05) is 11.6 Å². The van der Waals surface area contributed by atoms with Gasteiger partial charge in [0.2, 0.25) is 5.03 Å². The molecule has 6 nitrogen and oxygen atoms in total. The Hall–Kier alpha value is -0.630.